The van der Waals surface area contributed by atoms with Crippen molar-refractivity contribution < 1.29 is 4.74 Å². The molecule has 1 aromatic carbocycles. The van der Waals surface area contributed by atoms with Gasteiger partial charge in [0.2, 0.25) is 0 Å². The van der Waals surface area contributed by atoms with Crippen LogP contribution in [0.4, 0.5) is 0 Å². The number of hydrogen-bond donors (Lipinski definition) is 0. The topological polar surface area (TPSA) is 26.1 Å². The summed E-state index contributed by atoms with van der Waals surface area (Å²) in [5.74, 6) is 0. The summed E-state index contributed by atoms with van der Waals surface area (Å²) in [7, 11) is 0. The molecule has 1 unspecified atom stereocenters. The van der Waals surface area contributed by atoms with E-state index in [1.54, 1.807) is 0 Å². The van der Waals surface area contributed by atoms with Crippen LogP contribution in [0.15, 0.2) is 35.2 Å². The summed E-state index contributed by atoms with van der Waals surface area (Å²) in [4.78, 5) is 1.28. The fourth-order valence-electron chi connectivity index (χ4n) is 2.52. The van der Waals surface area contributed by atoms with Crippen molar-refractivity contribution in [2.45, 2.75) is 61.6 Å². The third-order valence-corrected chi connectivity index (χ3v) is 4.77. The fourth-order valence-corrected chi connectivity index (χ4v) is 3.48. The Hall–Kier alpha value is -0.960. The molecular formula is C16H23NOS. The zero-order valence-corrected chi connectivity index (χ0v) is 12.4. The van der Waals surface area contributed by atoms with Crippen LogP contribution in [0.5, 0.6) is 0 Å². The summed E-state index contributed by atoms with van der Waals surface area (Å²) in [6.07, 6.45) is 8.57. The Morgan fingerprint density at radius 2 is 1.95 bits per heavy atom. The summed E-state index contributed by atoms with van der Waals surface area (Å²) < 4.78 is 1.22. The second-order valence-corrected chi connectivity index (χ2v) is 6.82. The summed E-state index contributed by atoms with van der Waals surface area (Å²) in [5, 5.41) is 12.5. The van der Waals surface area contributed by atoms with Crippen LogP contribution in [0.3, 0.4) is 0 Å². The SMILES string of the molecule is CC(CC=[N+]([O-])C1CCCCC1)Sc1ccccc1. The van der Waals surface area contributed by atoms with Gasteiger partial charge in [-0.1, -0.05) is 31.5 Å². The van der Waals surface area contributed by atoms with Crippen molar-refractivity contribution in [1.29, 1.82) is 0 Å². The molecule has 1 atom stereocenters. The van der Waals surface area contributed by atoms with Gasteiger partial charge in [0.1, 0.15) is 0 Å². The van der Waals surface area contributed by atoms with E-state index in [9.17, 15) is 5.21 Å². The van der Waals surface area contributed by atoms with E-state index in [4.69, 9.17) is 0 Å². The van der Waals surface area contributed by atoms with Crippen LogP contribution in [0, 0.1) is 5.21 Å². The highest BCUT2D eigenvalue weighted by atomic mass is 32.2. The van der Waals surface area contributed by atoms with Gasteiger partial charge in [0.05, 0.1) is 0 Å². The standard InChI is InChI=1S/C16H23NOS/c1-14(19-16-10-6-3-7-11-16)12-13-17(18)15-8-4-2-5-9-15/h3,6-7,10-11,13-15H,2,4-5,8-9,12H2,1H3. The first kappa shape index (κ1) is 14.4. The van der Waals surface area contributed by atoms with Crippen LogP contribution < -0.4 is 0 Å². The Labute approximate surface area is 120 Å². The van der Waals surface area contributed by atoms with Crippen molar-refractivity contribution in [2.24, 2.45) is 0 Å². The lowest BCUT2D eigenvalue weighted by Crippen LogP contribution is -2.25. The fraction of sp³-hybridized carbons (Fsp3) is 0.562. The number of hydroxylamine groups is 1. The van der Waals surface area contributed by atoms with E-state index in [1.807, 2.05) is 24.0 Å². The van der Waals surface area contributed by atoms with Crippen molar-refractivity contribution in [3.05, 3.63) is 35.5 Å². The zero-order valence-electron chi connectivity index (χ0n) is 11.6. The van der Waals surface area contributed by atoms with Crippen LogP contribution in [-0.2, 0) is 0 Å². The van der Waals surface area contributed by atoms with Gasteiger partial charge in [-0.2, -0.15) is 0 Å². The summed E-state index contributed by atoms with van der Waals surface area (Å²) in [6.45, 7) is 2.18. The third-order valence-electron chi connectivity index (χ3n) is 3.63. The number of nitrogens with zero attached hydrogens (tertiary/aromatic N) is 1. The summed E-state index contributed by atoms with van der Waals surface area (Å²) in [6, 6.07) is 10.6. The molecule has 0 radical (unpaired) electrons. The molecule has 1 aliphatic rings. The number of hydrogen-bond acceptors (Lipinski definition) is 2. The van der Waals surface area contributed by atoms with Gasteiger partial charge < -0.3 is 5.21 Å². The molecule has 1 aliphatic carbocycles. The lowest BCUT2D eigenvalue weighted by atomic mass is 9.96. The van der Waals surface area contributed by atoms with E-state index in [0.29, 0.717) is 5.25 Å². The Kier molecular flexibility index (Phi) is 5.77. The number of rotatable bonds is 5. The molecular weight excluding hydrogens is 254 g/mol. The maximum atomic E-state index is 12.0. The van der Waals surface area contributed by atoms with Gasteiger partial charge in [-0.25, -0.2) is 4.74 Å². The molecule has 1 fully saturated rings. The van der Waals surface area contributed by atoms with Gasteiger partial charge in [-0.3, -0.25) is 0 Å². The highest BCUT2D eigenvalue weighted by molar-refractivity contribution is 8.00. The minimum Gasteiger partial charge on any atom is -0.624 e. The number of thioether (sulfide) groups is 1. The molecule has 0 amide bonds. The number of benzene rings is 1. The minimum atomic E-state index is 0.239. The Morgan fingerprint density at radius 3 is 2.63 bits per heavy atom. The van der Waals surface area contributed by atoms with Gasteiger partial charge in [0.25, 0.3) is 0 Å². The molecule has 0 saturated heterocycles. The normalized spacial score (nSPS) is 19.3. The molecule has 0 spiro atoms. The lowest BCUT2D eigenvalue weighted by Gasteiger charge is -2.21. The van der Waals surface area contributed by atoms with Crippen molar-refractivity contribution in [1.82, 2.24) is 0 Å². The van der Waals surface area contributed by atoms with E-state index in [2.05, 4.69) is 31.2 Å². The van der Waals surface area contributed by atoms with Crippen LogP contribution >= 0.6 is 11.8 Å². The monoisotopic (exact) mass is 277 g/mol. The molecule has 1 saturated carbocycles. The van der Waals surface area contributed by atoms with E-state index < -0.39 is 0 Å². The van der Waals surface area contributed by atoms with E-state index in [0.717, 1.165) is 19.3 Å². The van der Waals surface area contributed by atoms with E-state index in [-0.39, 0.29) is 6.04 Å². The van der Waals surface area contributed by atoms with Crippen molar-refractivity contribution in [2.75, 3.05) is 0 Å². The van der Waals surface area contributed by atoms with Gasteiger partial charge in [-0.15, -0.1) is 11.8 Å². The average Bonchev–Trinajstić information content (AvgIpc) is 2.47. The predicted octanol–water partition coefficient (Wildman–Crippen LogP) is 4.47. The molecule has 104 valence electrons. The summed E-state index contributed by atoms with van der Waals surface area (Å²) in [5.41, 5.74) is 0. The molecule has 0 heterocycles. The molecule has 0 N–H and O–H groups in total. The van der Waals surface area contributed by atoms with Gasteiger partial charge in [0, 0.05) is 29.4 Å². The zero-order chi connectivity index (χ0) is 13.5. The van der Waals surface area contributed by atoms with Gasteiger partial charge in [-0.05, 0) is 25.0 Å². The largest absolute Gasteiger partial charge is 0.624 e. The van der Waals surface area contributed by atoms with Crippen LogP contribution in [0.25, 0.3) is 0 Å². The smallest absolute Gasteiger partial charge is 0.162 e. The molecule has 0 aromatic heterocycles. The Bertz CT molecular complexity index is 398. The summed E-state index contributed by atoms with van der Waals surface area (Å²) >= 11 is 1.84. The first-order valence-corrected chi connectivity index (χ1v) is 8.14. The molecule has 2 nitrogen and oxygen atoms in total. The highest BCUT2D eigenvalue weighted by Crippen LogP contribution is 2.24. The van der Waals surface area contributed by atoms with Crippen LogP contribution in [-0.4, -0.2) is 22.2 Å². The van der Waals surface area contributed by atoms with Crippen LogP contribution in [0.2, 0.25) is 0 Å². The molecule has 2 rings (SSSR count). The van der Waals surface area contributed by atoms with E-state index >= 15 is 0 Å². The first-order valence-electron chi connectivity index (χ1n) is 7.26. The van der Waals surface area contributed by atoms with Gasteiger partial charge >= 0.3 is 0 Å². The Balaban J connectivity index is 1.80. The Morgan fingerprint density at radius 1 is 1.26 bits per heavy atom. The molecule has 0 aliphatic heterocycles. The third kappa shape index (κ3) is 4.90. The predicted molar refractivity (Wildman–Crippen MR) is 82.9 cm³/mol. The van der Waals surface area contributed by atoms with E-state index in [1.165, 1.54) is 28.9 Å². The first-order chi connectivity index (χ1) is 9.25. The second-order valence-electron chi connectivity index (χ2n) is 5.31. The quantitative estimate of drug-likeness (QED) is 0.261. The highest BCUT2D eigenvalue weighted by Gasteiger charge is 2.19. The average molecular weight is 277 g/mol. The molecule has 0 bridgehead atoms. The maximum Gasteiger partial charge on any atom is 0.162 e. The van der Waals surface area contributed by atoms with Crippen molar-refractivity contribution in [3.8, 4) is 0 Å². The van der Waals surface area contributed by atoms with Crippen molar-refractivity contribution >= 4 is 18.0 Å². The van der Waals surface area contributed by atoms with Crippen LogP contribution in [0.1, 0.15) is 45.4 Å². The van der Waals surface area contributed by atoms with Gasteiger partial charge in [0.15, 0.2) is 12.3 Å². The second kappa shape index (κ2) is 7.59. The molecule has 1 aromatic rings. The lowest BCUT2D eigenvalue weighted by molar-refractivity contribution is -0.502. The molecule has 3 heteroatoms. The molecule has 19 heavy (non-hydrogen) atoms. The maximum absolute atomic E-state index is 12.0. The minimum absolute atomic E-state index is 0.239. The van der Waals surface area contributed by atoms with Crippen molar-refractivity contribution in [3.63, 3.8) is 0 Å².